The van der Waals surface area contributed by atoms with Crippen LogP contribution in [0.5, 0.6) is 11.6 Å². The molecule has 0 aliphatic heterocycles. The summed E-state index contributed by atoms with van der Waals surface area (Å²) in [6, 6.07) is 5.45. The number of aliphatic carboxylic acids is 1. The van der Waals surface area contributed by atoms with Gasteiger partial charge in [-0.2, -0.15) is 4.98 Å². The molecule has 2 atom stereocenters. The van der Waals surface area contributed by atoms with E-state index in [1.54, 1.807) is 16.9 Å². The fourth-order valence-electron chi connectivity index (χ4n) is 4.16. The number of carboxylic acids is 1. The van der Waals surface area contributed by atoms with Crippen molar-refractivity contribution < 1.29 is 19.4 Å². The maximum Gasteiger partial charge on any atom is 0.306 e. The molecule has 0 amide bonds. The van der Waals surface area contributed by atoms with Crippen molar-refractivity contribution in [2.75, 3.05) is 11.9 Å². The molecule has 0 saturated heterocycles. The standard InChI is InChI=1S/C25H33N7O4/c1-15(2)14-35-22-10-11-26-25(29-22)27-13-20-23(30-31-32(20)4)19-8-9-21(16(3)28-19)36-18-7-5-6-17(12-18)24(33)34/h8-11,15,17-18H,5-7,12-14H2,1-4H3,(H,33,34)(H,26,27,29)/t17-,18-/m0/s1. The lowest BCUT2D eigenvalue weighted by molar-refractivity contribution is -0.143. The molecule has 1 saturated carbocycles. The molecule has 3 aromatic rings. The molecule has 0 aromatic carbocycles. The van der Waals surface area contributed by atoms with Crippen molar-refractivity contribution in [2.24, 2.45) is 18.9 Å². The Kier molecular flexibility index (Phi) is 7.97. The number of hydrogen-bond acceptors (Lipinski definition) is 9. The Morgan fingerprint density at radius 2 is 2.08 bits per heavy atom. The van der Waals surface area contributed by atoms with Crippen molar-refractivity contribution in [3.8, 4) is 23.0 Å². The van der Waals surface area contributed by atoms with Crippen LogP contribution in [0.2, 0.25) is 0 Å². The van der Waals surface area contributed by atoms with E-state index in [-0.39, 0.29) is 12.0 Å². The third-order valence-corrected chi connectivity index (χ3v) is 6.10. The second-order valence-electron chi connectivity index (χ2n) is 9.51. The monoisotopic (exact) mass is 495 g/mol. The van der Waals surface area contributed by atoms with Crippen LogP contribution < -0.4 is 14.8 Å². The first-order valence-electron chi connectivity index (χ1n) is 12.3. The maximum atomic E-state index is 11.4. The minimum absolute atomic E-state index is 0.122. The number of ether oxygens (including phenoxy) is 2. The first kappa shape index (κ1) is 25.3. The number of nitrogens with one attached hydrogen (secondary N) is 1. The van der Waals surface area contributed by atoms with Gasteiger partial charge < -0.3 is 19.9 Å². The van der Waals surface area contributed by atoms with Crippen LogP contribution in [-0.4, -0.2) is 53.7 Å². The maximum absolute atomic E-state index is 11.4. The van der Waals surface area contributed by atoms with Crippen molar-refractivity contribution in [2.45, 2.75) is 59.1 Å². The minimum atomic E-state index is -0.752. The van der Waals surface area contributed by atoms with E-state index in [9.17, 15) is 9.90 Å². The quantitative estimate of drug-likeness (QED) is 0.429. The Morgan fingerprint density at radius 1 is 1.25 bits per heavy atom. The van der Waals surface area contributed by atoms with Gasteiger partial charge in [-0.3, -0.25) is 4.79 Å². The molecule has 3 aromatic heterocycles. The number of nitrogens with zero attached hydrogens (tertiary/aromatic N) is 6. The molecule has 1 fully saturated rings. The molecule has 2 N–H and O–H groups in total. The van der Waals surface area contributed by atoms with Gasteiger partial charge in [0.1, 0.15) is 11.4 Å². The summed E-state index contributed by atoms with van der Waals surface area (Å²) in [6.07, 6.45) is 4.44. The second-order valence-corrected chi connectivity index (χ2v) is 9.51. The highest BCUT2D eigenvalue weighted by molar-refractivity contribution is 5.70. The summed E-state index contributed by atoms with van der Waals surface area (Å²) in [4.78, 5) is 24.8. The van der Waals surface area contributed by atoms with Crippen LogP contribution in [0.15, 0.2) is 24.4 Å². The number of hydrogen-bond donors (Lipinski definition) is 2. The zero-order chi connectivity index (χ0) is 25.7. The molecule has 1 aliphatic carbocycles. The van der Waals surface area contributed by atoms with Gasteiger partial charge in [0, 0.05) is 19.3 Å². The van der Waals surface area contributed by atoms with Crippen LogP contribution in [0.1, 0.15) is 50.9 Å². The summed E-state index contributed by atoms with van der Waals surface area (Å²) in [7, 11) is 1.82. The summed E-state index contributed by atoms with van der Waals surface area (Å²) >= 11 is 0. The fraction of sp³-hybridized carbons (Fsp3) is 0.520. The highest BCUT2D eigenvalue weighted by Crippen LogP contribution is 2.30. The highest BCUT2D eigenvalue weighted by Gasteiger charge is 2.28. The van der Waals surface area contributed by atoms with Crippen molar-refractivity contribution >= 4 is 11.9 Å². The van der Waals surface area contributed by atoms with Gasteiger partial charge in [-0.15, -0.1) is 5.10 Å². The van der Waals surface area contributed by atoms with Crippen LogP contribution in [-0.2, 0) is 18.4 Å². The van der Waals surface area contributed by atoms with Crippen LogP contribution in [0.4, 0.5) is 5.95 Å². The van der Waals surface area contributed by atoms with Gasteiger partial charge in [-0.05, 0) is 50.7 Å². The predicted octanol–water partition coefficient (Wildman–Crippen LogP) is 3.64. The summed E-state index contributed by atoms with van der Waals surface area (Å²) in [5.74, 6) is 0.921. The van der Waals surface area contributed by atoms with Crippen LogP contribution in [0, 0.1) is 18.8 Å². The lowest BCUT2D eigenvalue weighted by atomic mass is 9.87. The van der Waals surface area contributed by atoms with E-state index in [0.717, 1.165) is 18.5 Å². The normalized spacial score (nSPS) is 17.7. The summed E-state index contributed by atoms with van der Waals surface area (Å²) in [6.45, 7) is 7.01. The first-order chi connectivity index (χ1) is 17.3. The number of carboxylic acid groups (broad SMARTS) is 1. The molecule has 3 heterocycles. The zero-order valence-corrected chi connectivity index (χ0v) is 21.1. The molecule has 4 rings (SSSR count). The van der Waals surface area contributed by atoms with E-state index in [2.05, 4.69) is 39.4 Å². The number of rotatable bonds is 10. The Balaban J connectivity index is 1.44. The molecule has 11 nitrogen and oxygen atoms in total. The van der Waals surface area contributed by atoms with E-state index in [1.807, 2.05) is 26.1 Å². The van der Waals surface area contributed by atoms with Crippen LogP contribution in [0.3, 0.4) is 0 Å². The van der Waals surface area contributed by atoms with E-state index < -0.39 is 5.97 Å². The molecule has 192 valence electrons. The topological polar surface area (TPSA) is 137 Å². The summed E-state index contributed by atoms with van der Waals surface area (Å²) < 4.78 is 13.5. The van der Waals surface area contributed by atoms with Gasteiger partial charge in [0.05, 0.1) is 42.3 Å². The van der Waals surface area contributed by atoms with Crippen molar-refractivity contribution in [1.29, 1.82) is 0 Å². The average Bonchev–Trinajstić information content (AvgIpc) is 3.23. The molecule has 1 aliphatic rings. The van der Waals surface area contributed by atoms with Gasteiger partial charge >= 0.3 is 5.97 Å². The van der Waals surface area contributed by atoms with E-state index in [0.29, 0.717) is 66.6 Å². The molecule has 0 spiro atoms. The smallest absolute Gasteiger partial charge is 0.306 e. The number of anilines is 1. The molecule has 0 bridgehead atoms. The highest BCUT2D eigenvalue weighted by atomic mass is 16.5. The van der Waals surface area contributed by atoms with Crippen molar-refractivity contribution in [3.63, 3.8) is 0 Å². The van der Waals surface area contributed by atoms with Gasteiger partial charge in [-0.25, -0.2) is 14.6 Å². The number of pyridine rings is 1. The number of carbonyl (C=O) groups is 1. The van der Waals surface area contributed by atoms with Crippen molar-refractivity contribution in [1.82, 2.24) is 29.9 Å². The molecular formula is C25H33N7O4. The molecular weight excluding hydrogens is 462 g/mol. The second kappa shape index (κ2) is 11.3. The van der Waals surface area contributed by atoms with Gasteiger partial charge in [0.25, 0.3) is 0 Å². The fourth-order valence-corrected chi connectivity index (χ4v) is 4.16. The first-order valence-corrected chi connectivity index (χ1v) is 12.3. The lowest BCUT2D eigenvalue weighted by Crippen LogP contribution is -2.29. The predicted molar refractivity (Wildman–Crippen MR) is 133 cm³/mol. The van der Waals surface area contributed by atoms with E-state index in [4.69, 9.17) is 14.5 Å². The van der Waals surface area contributed by atoms with Crippen LogP contribution in [0.25, 0.3) is 11.4 Å². The van der Waals surface area contributed by atoms with Gasteiger partial charge in [0.2, 0.25) is 11.8 Å². The van der Waals surface area contributed by atoms with Crippen molar-refractivity contribution in [3.05, 3.63) is 35.8 Å². The summed E-state index contributed by atoms with van der Waals surface area (Å²) in [5.41, 5.74) is 2.86. The van der Waals surface area contributed by atoms with Crippen LogP contribution >= 0.6 is 0 Å². The molecule has 0 radical (unpaired) electrons. The Hall–Kier alpha value is -3.76. The van der Waals surface area contributed by atoms with E-state index >= 15 is 0 Å². The largest absolute Gasteiger partial charge is 0.489 e. The minimum Gasteiger partial charge on any atom is -0.489 e. The molecule has 36 heavy (non-hydrogen) atoms. The molecule has 0 unspecified atom stereocenters. The Labute approximate surface area is 210 Å². The SMILES string of the molecule is Cc1nc(-c2nnn(C)c2CNc2nccc(OCC(C)C)n2)ccc1O[C@H]1CCC[C@H](C(=O)O)C1. The zero-order valence-electron chi connectivity index (χ0n) is 21.1. The Morgan fingerprint density at radius 3 is 2.83 bits per heavy atom. The summed E-state index contributed by atoms with van der Waals surface area (Å²) in [5, 5.41) is 21.1. The lowest BCUT2D eigenvalue weighted by Gasteiger charge is -2.27. The molecule has 11 heteroatoms. The van der Waals surface area contributed by atoms with Gasteiger partial charge in [0.15, 0.2) is 0 Å². The third kappa shape index (κ3) is 6.27. The number of aromatic nitrogens is 6. The Bertz CT molecular complexity index is 1200. The average molecular weight is 496 g/mol. The van der Waals surface area contributed by atoms with Gasteiger partial charge in [-0.1, -0.05) is 19.1 Å². The third-order valence-electron chi connectivity index (χ3n) is 6.10. The van der Waals surface area contributed by atoms with E-state index in [1.165, 1.54) is 0 Å². The number of aryl methyl sites for hydroxylation is 2.